The van der Waals surface area contributed by atoms with Gasteiger partial charge >= 0.3 is 0 Å². The molecule has 4 rings (SSSR count). The lowest BCUT2D eigenvalue weighted by molar-refractivity contribution is -0.123. The molecule has 0 saturated carbocycles. The molecule has 0 aliphatic heterocycles. The Hall–Kier alpha value is -3.42. The largest absolute Gasteiger partial charge is 0.361 e. The summed E-state index contributed by atoms with van der Waals surface area (Å²) in [6.45, 7) is 7.50. The molecule has 2 aromatic heterocycles. The van der Waals surface area contributed by atoms with E-state index < -0.39 is 6.04 Å². The van der Waals surface area contributed by atoms with E-state index in [4.69, 9.17) is 0 Å². The van der Waals surface area contributed by atoms with Gasteiger partial charge in [-0.05, 0) is 47.3 Å². The van der Waals surface area contributed by atoms with E-state index >= 15 is 0 Å². The van der Waals surface area contributed by atoms with Gasteiger partial charge in [-0.2, -0.15) is 0 Å². The number of rotatable bonds is 11. The number of thiophene rings is 1. The van der Waals surface area contributed by atoms with Gasteiger partial charge in [0.1, 0.15) is 6.04 Å². The van der Waals surface area contributed by atoms with Crippen LogP contribution in [0, 0.1) is 0 Å². The fraction of sp³-hybridized carbons (Fsp3) is 0.286. The molecular weight excluding hydrogens is 456 g/mol. The van der Waals surface area contributed by atoms with E-state index in [0.29, 0.717) is 17.8 Å². The highest BCUT2D eigenvalue weighted by molar-refractivity contribution is 7.12. The summed E-state index contributed by atoms with van der Waals surface area (Å²) in [6, 6.07) is 19.1. The summed E-state index contributed by atoms with van der Waals surface area (Å²) < 4.78 is 0. The quantitative estimate of drug-likeness (QED) is 0.286. The molecule has 0 saturated heterocycles. The van der Waals surface area contributed by atoms with Crippen molar-refractivity contribution in [2.75, 3.05) is 13.1 Å². The van der Waals surface area contributed by atoms with Crippen molar-refractivity contribution in [1.82, 2.24) is 20.5 Å². The standard InChI is InChI=1S/C28H32N4O2S/c1-3-32(4-2)19-21-11-6-5-10-20(21)17-30-27(33)25(31-28(34)26-14-9-15-35-26)16-22-18-29-24-13-8-7-12-23(22)24/h5-15,18,25,29H,3-4,16-17,19H2,1-2H3,(H,30,33)(H,31,34)/t25-/m0/s1. The number of aromatic nitrogens is 1. The Balaban J connectivity index is 1.51. The zero-order valence-electron chi connectivity index (χ0n) is 20.2. The van der Waals surface area contributed by atoms with Crippen molar-refractivity contribution >= 4 is 34.1 Å². The van der Waals surface area contributed by atoms with Crippen LogP contribution in [-0.4, -0.2) is 40.8 Å². The Morgan fingerprint density at radius 1 is 0.943 bits per heavy atom. The average Bonchev–Trinajstić information content (AvgIpc) is 3.57. The highest BCUT2D eigenvalue weighted by atomic mass is 32.1. The molecule has 182 valence electrons. The molecule has 2 amide bonds. The van der Waals surface area contributed by atoms with E-state index in [1.54, 1.807) is 6.07 Å². The third kappa shape index (κ3) is 6.18. The average molecular weight is 489 g/mol. The topological polar surface area (TPSA) is 77.2 Å². The summed E-state index contributed by atoms with van der Waals surface area (Å²) in [5.74, 6) is -0.431. The number of nitrogens with one attached hydrogen (secondary N) is 3. The lowest BCUT2D eigenvalue weighted by Crippen LogP contribution is -2.47. The van der Waals surface area contributed by atoms with Gasteiger partial charge in [0.15, 0.2) is 0 Å². The van der Waals surface area contributed by atoms with Gasteiger partial charge in [0, 0.05) is 36.6 Å². The molecule has 0 spiro atoms. The predicted molar refractivity (Wildman–Crippen MR) is 142 cm³/mol. The van der Waals surface area contributed by atoms with Gasteiger partial charge < -0.3 is 15.6 Å². The summed E-state index contributed by atoms with van der Waals surface area (Å²) in [7, 11) is 0. The van der Waals surface area contributed by atoms with Gasteiger partial charge in [0.2, 0.25) is 5.91 Å². The molecule has 0 radical (unpaired) electrons. The predicted octanol–water partition coefficient (Wildman–Crippen LogP) is 4.73. The maximum atomic E-state index is 13.4. The van der Waals surface area contributed by atoms with Crippen molar-refractivity contribution in [3.8, 4) is 0 Å². The lowest BCUT2D eigenvalue weighted by atomic mass is 10.0. The summed E-state index contributed by atoms with van der Waals surface area (Å²) >= 11 is 1.36. The van der Waals surface area contributed by atoms with Gasteiger partial charge in [-0.1, -0.05) is 62.4 Å². The van der Waals surface area contributed by atoms with Crippen LogP contribution in [0.25, 0.3) is 10.9 Å². The number of para-hydroxylation sites is 1. The normalized spacial score (nSPS) is 12.1. The van der Waals surface area contributed by atoms with Crippen molar-refractivity contribution in [2.24, 2.45) is 0 Å². The van der Waals surface area contributed by atoms with Crippen molar-refractivity contribution in [3.05, 3.63) is 93.8 Å². The molecule has 4 aromatic rings. The number of hydrogen-bond acceptors (Lipinski definition) is 4. The van der Waals surface area contributed by atoms with Crippen molar-refractivity contribution in [2.45, 2.75) is 39.4 Å². The molecule has 3 N–H and O–H groups in total. The van der Waals surface area contributed by atoms with Crippen molar-refractivity contribution in [1.29, 1.82) is 0 Å². The van der Waals surface area contributed by atoms with Crippen LogP contribution in [0.2, 0.25) is 0 Å². The Morgan fingerprint density at radius 3 is 2.43 bits per heavy atom. The third-order valence-corrected chi connectivity index (χ3v) is 7.19. The van der Waals surface area contributed by atoms with E-state index in [2.05, 4.69) is 46.5 Å². The number of benzene rings is 2. The fourth-order valence-electron chi connectivity index (χ4n) is 4.24. The zero-order valence-corrected chi connectivity index (χ0v) is 21.0. The molecule has 7 heteroatoms. The van der Waals surface area contributed by atoms with E-state index in [9.17, 15) is 9.59 Å². The van der Waals surface area contributed by atoms with Crippen LogP contribution in [0.3, 0.4) is 0 Å². The van der Waals surface area contributed by atoms with Crippen LogP contribution in [0.15, 0.2) is 72.2 Å². The molecule has 0 aliphatic carbocycles. The maximum Gasteiger partial charge on any atom is 0.262 e. The first kappa shape index (κ1) is 24.7. The minimum atomic E-state index is -0.696. The number of H-pyrrole nitrogens is 1. The fourth-order valence-corrected chi connectivity index (χ4v) is 4.87. The first-order chi connectivity index (χ1) is 17.1. The summed E-state index contributed by atoms with van der Waals surface area (Å²) in [6.07, 6.45) is 2.32. The Labute approximate surface area is 210 Å². The summed E-state index contributed by atoms with van der Waals surface area (Å²) in [5.41, 5.74) is 4.29. The van der Waals surface area contributed by atoms with Crippen LogP contribution >= 0.6 is 11.3 Å². The van der Waals surface area contributed by atoms with Crippen molar-refractivity contribution in [3.63, 3.8) is 0 Å². The number of amides is 2. The molecule has 2 heterocycles. The smallest absolute Gasteiger partial charge is 0.262 e. The molecule has 35 heavy (non-hydrogen) atoms. The first-order valence-corrected chi connectivity index (χ1v) is 12.9. The highest BCUT2D eigenvalue weighted by Gasteiger charge is 2.24. The monoisotopic (exact) mass is 488 g/mol. The zero-order chi connectivity index (χ0) is 24.6. The van der Waals surface area contributed by atoms with Crippen LogP contribution in [0.4, 0.5) is 0 Å². The van der Waals surface area contributed by atoms with Crippen LogP contribution in [0.1, 0.15) is 40.2 Å². The lowest BCUT2D eigenvalue weighted by Gasteiger charge is -2.21. The second-order valence-electron chi connectivity index (χ2n) is 8.51. The number of carbonyl (C=O) groups is 2. The number of nitrogens with zero attached hydrogens (tertiary/aromatic N) is 1. The second kappa shape index (κ2) is 11.8. The molecular formula is C28H32N4O2S. The number of fused-ring (bicyclic) bond motifs is 1. The summed E-state index contributed by atoms with van der Waals surface area (Å²) in [4.78, 5) is 32.4. The van der Waals surface area contributed by atoms with Crippen LogP contribution < -0.4 is 10.6 Å². The summed E-state index contributed by atoms with van der Waals surface area (Å²) in [5, 5.41) is 8.96. The second-order valence-corrected chi connectivity index (χ2v) is 9.46. The van der Waals surface area contributed by atoms with Gasteiger partial charge in [-0.15, -0.1) is 11.3 Å². The van der Waals surface area contributed by atoms with Gasteiger partial charge in [0.25, 0.3) is 5.91 Å². The minimum absolute atomic E-state index is 0.196. The van der Waals surface area contributed by atoms with Gasteiger partial charge in [0.05, 0.1) is 4.88 Å². The number of carbonyl (C=O) groups excluding carboxylic acids is 2. The molecule has 0 bridgehead atoms. The Morgan fingerprint density at radius 2 is 1.69 bits per heavy atom. The van der Waals surface area contributed by atoms with Crippen molar-refractivity contribution < 1.29 is 9.59 Å². The molecule has 6 nitrogen and oxygen atoms in total. The number of aromatic amines is 1. The van der Waals surface area contributed by atoms with Gasteiger partial charge in [-0.3, -0.25) is 14.5 Å². The number of hydrogen-bond donors (Lipinski definition) is 3. The highest BCUT2D eigenvalue weighted by Crippen LogP contribution is 2.20. The molecule has 0 aliphatic rings. The first-order valence-electron chi connectivity index (χ1n) is 12.0. The van der Waals surface area contributed by atoms with Crippen LogP contribution in [0.5, 0.6) is 0 Å². The molecule has 0 unspecified atom stereocenters. The third-order valence-electron chi connectivity index (χ3n) is 6.33. The Kier molecular flexibility index (Phi) is 8.34. The molecule has 2 aromatic carbocycles. The Bertz CT molecular complexity index is 1260. The molecule has 0 fully saturated rings. The van der Waals surface area contributed by atoms with Gasteiger partial charge in [-0.25, -0.2) is 0 Å². The van der Waals surface area contributed by atoms with E-state index in [1.165, 1.54) is 16.9 Å². The van der Waals surface area contributed by atoms with E-state index in [1.807, 2.05) is 54.0 Å². The van der Waals surface area contributed by atoms with E-state index in [0.717, 1.165) is 41.7 Å². The maximum absolute atomic E-state index is 13.4. The SMILES string of the molecule is CCN(CC)Cc1ccccc1CNC(=O)[C@H](Cc1c[nH]c2ccccc12)NC(=O)c1cccs1. The molecule has 1 atom stereocenters. The van der Waals surface area contributed by atoms with E-state index in [-0.39, 0.29) is 11.8 Å². The minimum Gasteiger partial charge on any atom is -0.361 e. The van der Waals surface area contributed by atoms with Crippen LogP contribution in [-0.2, 0) is 24.3 Å².